The maximum atomic E-state index is 11.9. The molecule has 0 aromatic heterocycles. The Morgan fingerprint density at radius 3 is 2.38 bits per heavy atom. The first-order chi connectivity index (χ1) is 7.26. The lowest BCUT2D eigenvalue weighted by molar-refractivity contribution is -0.139. The highest BCUT2D eigenvalue weighted by Crippen LogP contribution is 2.07. The van der Waals surface area contributed by atoms with Crippen molar-refractivity contribution in [2.45, 2.75) is 45.3 Å². The highest BCUT2D eigenvalue weighted by molar-refractivity contribution is 5.79. The second-order valence-electron chi connectivity index (χ2n) is 4.37. The molecule has 2 N–H and O–H groups in total. The van der Waals surface area contributed by atoms with Gasteiger partial charge < -0.3 is 15.2 Å². The van der Waals surface area contributed by atoms with E-state index in [1.54, 1.807) is 20.8 Å². The zero-order chi connectivity index (χ0) is 12.8. The monoisotopic (exact) mass is 235 g/mol. The van der Waals surface area contributed by atoms with Crippen LogP contribution in [0.4, 0.5) is 9.18 Å². The van der Waals surface area contributed by atoms with Crippen molar-refractivity contribution in [3.63, 3.8) is 0 Å². The van der Waals surface area contributed by atoms with E-state index in [-0.39, 0.29) is 12.8 Å². The first kappa shape index (κ1) is 14.7. The van der Waals surface area contributed by atoms with Gasteiger partial charge in [0.15, 0.2) is 0 Å². The van der Waals surface area contributed by atoms with Crippen molar-refractivity contribution in [1.82, 2.24) is 5.32 Å². The van der Waals surface area contributed by atoms with Gasteiger partial charge in [0, 0.05) is 0 Å². The van der Waals surface area contributed by atoms with E-state index in [0.717, 1.165) is 0 Å². The van der Waals surface area contributed by atoms with Crippen LogP contribution in [-0.4, -0.2) is 35.5 Å². The molecule has 0 aliphatic heterocycles. The molecule has 0 rings (SSSR count). The molecule has 0 radical (unpaired) electrons. The standard InChI is InChI=1S/C10H18FNO4/c1-10(2,3)16-9(15)12-7(8(13)14)5-4-6-11/h7H,4-6H2,1-3H3,(H,12,15)(H,13,14). The summed E-state index contributed by atoms with van der Waals surface area (Å²) in [6.07, 6.45) is -0.670. The number of carbonyl (C=O) groups is 2. The number of halogens is 1. The van der Waals surface area contributed by atoms with Gasteiger partial charge in [0.2, 0.25) is 0 Å². The summed E-state index contributed by atoms with van der Waals surface area (Å²) >= 11 is 0. The van der Waals surface area contributed by atoms with Gasteiger partial charge in [0.25, 0.3) is 0 Å². The fraction of sp³-hybridized carbons (Fsp3) is 0.800. The third kappa shape index (κ3) is 7.03. The van der Waals surface area contributed by atoms with E-state index >= 15 is 0 Å². The summed E-state index contributed by atoms with van der Waals surface area (Å²) in [7, 11) is 0. The molecule has 1 atom stereocenters. The molecule has 0 aromatic rings. The van der Waals surface area contributed by atoms with Gasteiger partial charge >= 0.3 is 12.1 Å². The molecule has 5 nitrogen and oxygen atoms in total. The normalized spacial score (nSPS) is 13.0. The van der Waals surface area contributed by atoms with Crippen molar-refractivity contribution in [3.8, 4) is 0 Å². The molecule has 94 valence electrons. The van der Waals surface area contributed by atoms with E-state index in [1.807, 2.05) is 0 Å². The van der Waals surface area contributed by atoms with Gasteiger partial charge in [-0.1, -0.05) is 0 Å². The molecule has 0 fully saturated rings. The molecule has 0 bridgehead atoms. The number of carboxylic acids is 1. The Kier molecular flexibility index (Phi) is 5.77. The summed E-state index contributed by atoms with van der Waals surface area (Å²) in [5, 5.41) is 10.9. The van der Waals surface area contributed by atoms with Gasteiger partial charge in [-0.15, -0.1) is 0 Å². The first-order valence-corrected chi connectivity index (χ1v) is 5.04. The topological polar surface area (TPSA) is 75.6 Å². The molecule has 0 heterocycles. The first-order valence-electron chi connectivity index (χ1n) is 5.04. The number of carboxylic acid groups (broad SMARTS) is 1. The number of nitrogens with one attached hydrogen (secondary N) is 1. The molecule has 0 spiro atoms. The van der Waals surface area contributed by atoms with Gasteiger partial charge in [-0.05, 0) is 33.6 Å². The minimum atomic E-state index is -1.20. The van der Waals surface area contributed by atoms with Crippen LogP contribution in [0, 0.1) is 0 Å². The Labute approximate surface area is 94.0 Å². The molecular formula is C10H18FNO4. The van der Waals surface area contributed by atoms with Crippen molar-refractivity contribution in [2.75, 3.05) is 6.67 Å². The van der Waals surface area contributed by atoms with Crippen LogP contribution >= 0.6 is 0 Å². The lowest BCUT2D eigenvalue weighted by Crippen LogP contribution is -2.43. The molecule has 0 aliphatic rings. The van der Waals surface area contributed by atoms with Crippen LogP contribution in [0.3, 0.4) is 0 Å². The number of alkyl carbamates (subject to hydrolysis) is 1. The number of amides is 1. The number of rotatable bonds is 5. The maximum Gasteiger partial charge on any atom is 0.408 e. The molecule has 0 aliphatic carbocycles. The summed E-state index contributed by atoms with van der Waals surface area (Å²) < 4.78 is 16.8. The van der Waals surface area contributed by atoms with E-state index in [1.165, 1.54) is 0 Å². The summed E-state index contributed by atoms with van der Waals surface area (Å²) in [5.74, 6) is -1.20. The van der Waals surface area contributed by atoms with Gasteiger partial charge in [0.1, 0.15) is 11.6 Å². The zero-order valence-corrected chi connectivity index (χ0v) is 9.75. The van der Waals surface area contributed by atoms with Gasteiger partial charge in [0.05, 0.1) is 6.67 Å². The van der Waals surface area contributed by atoms with Crippen molar-refractivity contribution >= 4 is 12.1 Å². The van der Waals surface area contributed by atoms with E-state index in [2.05, 4.69) is 5.32 Å². The number of aliphatic carboxylic acids is 1. The predicted octanol–water partition coefficient (Wildman–Crippen LogP) is 1.71. The molecule has 0 saturated heterocycles. The number of carbonyl (C=O) groups excluding carboxylic acids is 1. The van der Waals surface area contributed by atoms with E-state index < -0.39 is 30.4 Å². The summed E-state index contributed by atoms with van der Waals surface area (Å²) in [5.41, 5.74) is -0.687. The largest absolute Gasteiger partial charge is 0.480 e. The highest BCUT2D eigenvalue weighted by atomic mass is 19.1. The Hall–Kier alpha value is -1.33. The molecule has 6 heteroatoms. The number of hydrogen-bond acceptors (Lipinski definition) is 3. The van der Waals surface area contributed by atoms with Crippen LogP contribution < -0.4 is 5.32 Å². The van der Waals surface area contributed by atoms with E-state index in [0.29, 0.717) is 0 Å². The van der Waals surface area contributed by atoms with Crippen LogP contribution in [0.1, 0.15) is 33.6 Å². The Morgan fingerprint density at radius 1 is 1.44 bits per heavy atom. The zero-order valence-electron chi connectivity index (χ0n) is 9.75. The van der Waals surface area contributed by atoms with Crippen molar-refractivity contribution < 1.29 is 23.8 Å². The minimum Gasteiger partial charge on any atom is -0.480 e. The second kappa shape index (κ2) is 6.30. The molecule has 16 heavy (non-hydrogen) atoms. The second-order valence-corrected chi connectivity index (χ2v) is 4.37. The smallest absolute Gasteiger partial charge is 0.408 e. The van der Waals surface area contributed by atoms with E-state index in [4.69, 9.17) is 9.84 Å². The number of alkyl halides is 1. The van der Waals surface area contributed by atoms with Crippen LogP contribution in [0.2, 0.25) is 0 Å². The van der Waals surface area contributed by atoms with Crippen LogP contribution in [-0.2, 0) is 9.53 Å². The summed E-state index contributed by atoms with van der Waals surface area (Å²) in [4.78, 5) is 22.0. The fourth-order valence-corrected chi connectivity index (χ4v) is 0.988. The van der Waals surface area contributed by atoms with E-state index in [9.17, 15) is 14.0 Å². The molecule has 1 unspecified atom stereocenters. The molecule has 1 amide bonds. The Balaban J connectivity index is 4.19. The number of hydrogen-bond donors (Lipinski definition) is 2. The van der Waals surface area contributed by atoms with Gasteiger partial charge in [-0.25, -0.2) is 9.59 Å². The fourth-order valence-electron chi connectivity index (χ4n) is 0.988. The van der Waals surface area contributed by atoms with Gasteiger partial charge in [-0.2, -0.15) is 0 Å². The molecule has 0 aromatic carbocycles. The van der Waals surface area contributed by atoms with Crippen LogP contribution in [0.15, 0.2) is 0 Å². The number of ether oxygens (including phenoxy) is 1. The van der Waals surface area contributed by atoms with Crippen molar-refractivity contribution in [1.29, 1.82) is 0 Å². The van der Waals surface area contributed by atoms with Crippen LogP contribution in [0.5, 0.6) is 0 Å². The quantitative estimate of drug-likeness (QED) is 0.760. The lowest BCUT2D eigenvalue weighted by atomic mass is 10.1. The van der Waals surface area contributed by atoms with Crippen molar-refractivity contribution in [2.24, 2.45) is 0 Å². The average Bonchev–Trinajstić information content (AvgIpc) is 2.08. The Morgan fingerprint density at radius 2 is 2.00 bits per heavy atom. The maximum absolute atomic E-state index is 11.9. The molecule has 0 saturated carbocycles. The molecular weight excluding hydrogens is 217 g/mol. The van der Waals surface area contributed by atoms with Crippen LogP contribution in [0.25, 0.3) is 0 Å². The Bertz CT molecular complexity index is 250. The third-order valence-electron chi connectivity index (χ3n) is 1.62. The summed E-state index contributed by atoms with van der Waals surface area (Å²) in [6.45, 7) is 4.40. The van der Waals surface area contributed by atoms with Gasteiger partial charge in [-0.3, -0.25) is 4.39 Å². The minimum absolute atomic E-state index is 0.0467. The average molecular weight is 235 g/mol. The lowest BCUT2D eigenvalue weighted by Gasteiger charge is -2.21. The highest BCUT2D eigenvalue weighted by Gasteiger charge is 2.23. The SMILES string of the molecule is CC(C)(C)OC(=O)NC(CCCF)C(=O)O. The summed E-state index contributed by atoms with van der Waals surface area (Å²) in [6, 6.07) is -1.11. The third-order valence-corrected chi connectivity index (χ3v) is 1.62. The predicted molar refractivity (Wildman–Crippen MR) is 56.0 cm³/mol. The van der Waals surface area contributed by atoms with Crippen molar-refractivity contribution in [3.05, 3.63) is 0 Å².